The van der Waals surface area contributed by atoms with Gasteiger partial charge in [0.1, 0.15) is 0 Å². The van der Waals surface area contributed by atoms with Gasteiger partial charge in [-0.05, 0) is 76.5 Å². The monoisotopic (exact) mass is 420 g/mol. The van der Waals surface area contributed by atoms with Crippen LogP contribution in [0.4, 0.5) is 0 Å². The van der Waals surface area contributed by atoms with Crippen LogP contribution in [0.25, 0.3) is 0 Å². The fourth-order valence-electron chi connectivity index (χ4n) is 7.40. The number of carboxylic acid groups (broad SMARTS) is 1. The first-order valence-electron chi connectivity index (χ1n) is 11.5. The van der Waals surface area contributed by atoms with E-state index in [0.29, 0.717) is 18.4 Å². The Hall–Kier alpha value is -1.36. The Morgan fingerprint density at radius 2 is 1.73 bits per heavy atom. The average Bonchev–Trinajstić information content (AvgIpc) is 2.57. The van der Waals surface area contributed by atoms with Gasteiger partial charge in [0.05, 0.1) is 30.7 Å². The molecule has 1 N–H and O–H groups in total. The number of ether oxygens (including phenoxy) is 2. The molecule has 2 aliphatic carbocycles. The van der Waals surface area contributed by atoms with Gasteiger partial charge in [0.15, 0.2) is 0 Å². The molecule has 3 rings (SSSR count). The molecular formula is C25H40O5. The van der Waals surface area contributed by atoms with Gasteiger partial charge in [-0.2, -0.15) is 0 Å². The molecule has 2 saturated carbocycles. The summed E-state index contributed by atoms with van der Waals surface area (Å²) in [5.74, 6) is -0.0957. The van der Waals surface area contributed by atoms with Crippen molar-refractivity contribution in [2.24, 2.45) is 22.7 Å². The van der Waals surface area contributed by atoms with Crippen molar-refractivity contribution < 1.29 is 24.2 Å². The fraction of sp³-hybridized carbons (Fsp3) is 0.840. The molecule has 6 atom stereocenters. The van der Waals surface area contributed by atoms with Gasteiger partial charge in [0, 0.05) is 5.41 Å². The lowest BCUT2D eigenvalue weighted by molar-refractivity contribution is -0.269. The molecule has 0 bridgehead atoms. The number of aliphatic carboxylic acids is 1. The Morgan fingerprint density at radius 1 is 1.07 bits per heavy atom. The summed E-state index contributed by atoms with van der Waals surface area (Å²) in [6.07, 6.45) is 7.45. The Bertz CT molecular complexity index is 716. The van der Waals surface area contributed by atoms with E-state index in [1.807, 2.05) is 13.8 Å². The van der Waals surface area contributed by atoms with E-state index >= 15 is 0 Å². The van der Waals surface area contributed by atoms with Crippen molar-refractivity contribution >= 4 is 11.9 Å². The molecule has 1 saturated heterocycles. The van der Waals surface area contributed by atoms with E-state index in [1.165, 1.54) is 0 Å². The summed E-state index contributed by atoms with van der Waals surface area (Å²) in [5.41, 5.74) is 0.0429. The smallest absolute Gasteiger partial charge is 0.309 e. The molecule has 6 unspecified atom stereocenters. The van der Waals surface area contributed by atoms with Crippen LogP contribution in [0.3, 0.4) is 0 Å². The molecular weight excluding hydrogens is 380 g/mol. The van der Waals surface area contributed by atoms with Crippen LogP contribution in [0.5, 0.6) is 0 Å². The molecule has 0 amide bonds. The van der Waals surface area contributed by atoms with E-state index in [-0.39, 0.29) is 35.2 Å². The molecule has 0 radical (unpaired) electrons. The van der Waals surface area contributed by atoms with Gasteiger partial charge in [-0.15, -0.1) is 0 Å². The predicted molar refractivity (Wildman–Crippen MR) is 116 cm³/mol. The second kappa shape index (κ2) is 7.96. The van der Waals surface area contributed by atoms with Crippen molar-refractivity contribution in [1.82, 2.24) is 0 Å². The summed E-state index contributed by atoms with van der Waals surface area (Å²) in [6, 6.07) is 0. The maximum Gasteiger partial charge on any atom is 0.309 e. The third-order valence-electron chi connectivity index (χ3n) is 8.54. The molecule has 170 valence electrons. The Morgan fingerprint density at radius 3 is 2.37 bits per heavy atom. The number of carboxylic acids is 1. The number of carbonyl (C=O) groups excluding carboxylic acids is 1. The Kier molecular flexibility index (Phi) is 6.18. The summed E-state index contributed by atoms with van der Waals surface area (Å²) in [4.78, 5) is 23.5. The van der Waals surface area contributed by atoms with Crippen LogP contribution in [0, 0.1) is 22.7 Å². The minimum Gasteiger partial charge on any atom is -0.481 e. The number of rotatable bonds is 6. The Balaban J connectivity index is 1.78. The Labute approximate surface area is 181 Å². The van der Waals surface area contributed by atoms with Gasteiger partial charge in [-0.25, -0.2) is 0 Å². The van der Waals surface area contributed by atoms with Crippen molar-refractivity contribution in [2.45, 2.75) is 104 Å². The van der Waals surface area contributed by atoms with E-state index < -0.39 is 11.6 Å². The van der Waals surface area contributed by atoms with Crippen LogP contribution in [0.2, 0.25) is 0 Å². The molecule has 0 spiro atoms. The van der Waals surface area contributed by atoms with Gasteiger partial charge in [-0.3, -0.25) is 9.59 Å². The van der Waals surface area contributed by atoms with Crippen molar-refractivity contribution in [1.29, 1.82) is 0 Å². The highest BCUT2D eigenvalue weighted by Crippen LogP contribution is 2.65. The van der Waals surface area contributed by atoms with Gasteiger partial charge in [0.25, 0.3) is 0 Å². The number of carbonyl (C=O) groups is 2. The van der Waals surface area contributed by atoms with Gasteiger partial charge in [-0.1, -0.05) is 32.4 Å². The second-order valence-electron chi connectivity index (χ2n) is 11.4. The lowest BCUT2D eigenvalue weighted by Gasteiger charge is -2.65. The largest absolute Gasteiger partial charge is 0.481 e. The predicted octanol–water partition coefficient (Wildman–Crippen LogP) is 5.52. The van der Waals surface area contributed by atoms with Crippen molar-refractivity contribution in [3.8, 4) is 0 Å². The molecule has 0 aromatic carbocycles. The van der Waals surface area contributed by atoms with E-state index in [0.717, 1.165) is 50.5 Å². The average molecular weight is 421 g/mol. The first kappa shape index (κ1) is 23.3. The van der Waals surface area contributed by atoms with Crippen molar-refractivity contribution in [3.63, 3.8) is 0 Å². The lowest BCUT2D eigenvalue weighted by atomic mass is 9.44. The molecule has 5 nitrogen and oxygen atoms in total. The van der Waals surface area contributed by atoms with E-state index in [9.17, 15) is 14.7 Å². The standard InChI is InChI=1S/C25H40O5/c1-17(2)14-21(28)29-16-22(3)10-7-11-24(5)18(22)9-13-25(6)19(24)8-12-23(4,30-25)15-20(26)27/h18-19H,1,7-16H2,2-6H3,(H,26,27). The highest BCUT2D eigenvalue weighted by Gasteiger charge is 2.62. The number of hydrogen-bond donors (Lipinski definition) is 1. The fourth-order valence-corrected chi connectivity index (χ4v) is 7.40. The molecule has 3 aliphatic rings. The molecule has 30 heavy (non-hydrogen) atoms. The first-order chi connectivity index (χ1) is 13.8. The third-order valence-corrected chi connectivity index (χ3v) is 8.54. The van der Waals surface area contributed by atoms with Gasteiger partial charge < -0.3 is 14.6 Å². The topological polar surface area (TPSA) is 72.8 Å². The summed E-state index contributed by atoms with van der Waals surface area (Å²) in [5, 5.41) is 9.35. The molecule has 3 fully saturated rings. The maximum absolute atomic E-state index is 12.2. The maximum atomic E-state index is 12.2. The second-order valence-corrected chi connectivity index (χ2v) is 11.4. The third kappa shape index (κ3) is 4.32. The van der Waals surface area contributed by atoms with Crippen LogP contribution in [-0.2, 0) is 19.1 Å². The molecule has 1 heterocycles. The zero-order valence-corrected chi connectivity index (χ0v) is 19.5. The van der Waals surface area contributed by atoms with Gasteiger partial charge in [0.2, 0.25) is 0 Å². The molecule has 0 aromatic heterocycles. The van der Waals surface area contributed by atoms with Crippen LogP contribution >= 0.6 is 0 Å². The normalized spacial score (nSPS) is 43.2. The number of esters is 1. The first-order valence-corrected chi connectivity index (χ1v) is 11.5. The molecule has 5 heteroatoms. The zero-order chi connectivity index (χ0) is 22.4. The summed E-state index contributed by atoms with van der Waals surface area (Å²) >= 11 is 0. The molecule has 0 aromatic rings. The van der Waals surface area contributed by atoms with Crippen molar-refractivity contribution in [3.05, 3.63) is 12.2 Å². The van der Waals surface area contributed by atoms with Crippen LogP contribution in [-0.4, -0.2) is 34.9 Å². The summed E-state index contributed by atoms with van der Waals surface area (Å²) in [6.45, 7) is 15.0. The van der Waals surface area contributed by atoms with Crippen LogP contribution in [0.1, 0.15) is 92.4 Å². The molecule has 1 aliphatic heterocycles. The van der Waals surface area contributed by atoms with E-state index in [1.54, 1.807) is 0 Å². The zero-order valence-electron chi connectivity index (χ0n) is 19.5. The number of hydrogen-bond acceptors (Lipinski definition) is 4. The minimum absolute atomic E-state index is 0.0269. The SMILES string of the molecule is C=C(C)CC(=O)OCC1(C)CCCC2(C)C1CCC1(C)OC(C)(CC(=O)O)CCC12. The van der Waals surface area contributed by atoms with E-state index in [2.05, 4.69) is 27.4 Å². The minimum atomic E-state index is -0.790. The van der Waals surface area contributed by atoms with E-state index in [4.69, 9.17) is 9.47 Å². The quantitative estimate of drug-likeness (QED) is 0.452. The highest BCUT2D eigenvalue weighted by atomic mass is 16.5. The van der Waals surface area contributed by atoms with Gasteiger partial charge >= 0.3 is 11.9 Å². The van der Waals surface area contributed by atoms with Crippen LogP contribution in [0.15, 0.2) is 12.2 Å². The summed E-state index contributed by atoms with van der Waals surface area (Å²) in [7, 11) is 0. The van der Waals surface area contributed by atoms with Crippen LogP contribution < -0.4 is 0 Å². The lowest BCUT2D eigenvalue weighted by Crippen LogP contribution is -2.63. The van der Waals surface area contributed by atoms with Crippen molar-refractivity contribution in [2.75, 3.05) is 6.61 Å². The number of fused-ring (bicyclic) bond motifs is 3. The highest BCUT2D eigenvalue weighted by molar-refractivity contribution is 5.72. The summed E-state index contributed by atoms with van der Waals surface area (Å²) < 4.78 is 12.4.